The first-order chi connectivity index (χ1) is 12.6. The second-order valence-electron chi connectivity index (χ2n) is 5.88. The fourth-order valence-electron chi connectivity index (χ4n) is 3.07. The lowest BCUT2D eigenvalue weighted by Crippen LogP contribution is -2.20. The minimum atomic E-state index is -0.547. The third-order valence-corrected chi connectivity index (χ3v) is 4.19. The molecule has 0 aliphatic rings. The highest BCUT2D eigenvalue weighted by molar-refractivity contribution is 5.94. The predicted octanol–water partition coefficient (Wildman–Crippen LogP) is 3.90. The number of hydrogen-bond donors (Lipinski definition) is 0. The van der Waals surface area contributed by atoms with Crippen LogP contribution < -0.4 is 10.2 Å². The normalized spacial score (nSPS) is 11.0. The molecular weight excluding hydrogens is 333 g/mol. The van der Waals surface area contributed by atoms with Crippen LogP contribution in [0.3, 0.4) is 0 Å². The van der Waals surface area contributed by atoms with Crippen LogP contribution in [0.1, 0.15) is 0 Å². The van der Waals surface area contributed by atoms with E-state index in [4.69, 9.17) is 4.74 Å². The zero-order valence-corrected chi connectivity index (χ0v) is 13.7. The van der Waals surface area contributed by atoms with E-state index in [0.29, 0.717) is 21.8 Å². The topological polar surface area (TPSA) is 48.3 Å². The molecule has 0 aliphatic heterocycles. The van der Waals surface area contributed by atoms with Gasteiger partial charge in [-0.2, -0.15) is 0 Å². The van der Waals surface area contributed by atoms with Crippen molar-refractivity contribution in [2.75, 3.05) is 0 Å². The maximum atomic E-state index is 13.3. The summed E-state index contributed by atoms with van der Waals surface area (Å²) in [6, 6.07) is 19.7. The number of nitrogens with zero attached hydrogens (tertiary/aromatic N) is 1. The van der Waals surface area contributed by atoms with E-state index in [9.17, 15) is 14.0 Å². The lowest BCUT2D eigenvalue weighted by atomic mass is 10.1. The van der Waals surface area contributed by atoms with Gasteiger partial charge in [-0.25, -0.2) is 9.18 Å². The second-order valence-corrected chi connectivity index (χ2v) is 5.88. The lowest BCUT2D eigenvalue weighted by molar-refractivity contribution is -0.134. The Hall–Kier alpha value is -3.47. The Bertz CT molecular complexity index is 1140. The summed E-state index contributed by atoms with van der Waals surface area (Å²) in [6.07, 6.45) is 0. The van der Waals surface area contributed by atoms with Crippen LogP contribution in [0.4, 0.5) is 4.39 Å². The van der Waals surface area contributed by atoms with Gasteiger partial charge in [0.1, 0.15) is 18.1 Å². The van der Waals surface area contributed by atoms with Gasteiger partial charge < -0.3 is 9.30 Å². The fraction of sp³-hybridized carbons (Fsp3) is 0.0476. The molecule has 0 spiro atoms. The maximum Gasteiger partial charge on any atom is 0.331 e. The van der Waals surface area contributed by atoms with Gasteiger partial charge in [-0.1, -0.05) is 30.3 Å². The molecule has 4 rings (SSSR count). The summed E-state index contributed by atoms with van der Waals surface area (Å²) in [4.78, 5) is 25.1. The summed E-state index contributed by atoms with van der Waals surface area (Å²) >= 11 is 0. The summed E-state index contributed by atoms with van der Waals surface area (Å²) in [5, 5.41) is 1.06. The average molecular weight is 347 g/mol. The molecule has 0 radical (unpaired) electrons. The van der Waals surface area contributed by atoms with Crippen LogP contribution >= 0.6 is 0 Å². The highest BCUT2D eigenvalue weighted by Crippen LogP contribution is 2.20. The zero-order valence-electron chi connectivity index (χ0n) is 13.7. The molecule has 128 valence electrons. The molecule has 5 heteroatoms. The van der Waals surface area contributed by atoms with Crippen molar-refractivity contribution in [3.05, 3.63) is 88.8 Å². The monoisotopic (exact) mass is 347 g/mol. The predicted molar refractivity (Wildman–Crippen MR) is 97.7 cm³/mol. The number of pyridine rings is 1. The first kappa shape index (κ1) is 16.0. The molecule has 3 aromatic carbocycles. The van der Waals surface area contributed by atoms with Crippen molar-refractivity contribution in [3.8, 4) is 5.75 Å². The fourth-order valence-corrected chi connectivity index (χ4v) is 3.07. The molecular formula is C21H14FNO3. The molecule has 0 N–H and O–H groups in total. The van der Waals surface area contributed by atoms with Crippen molar-refractivity contribution >= 4 is 27.8 Å². The van der Waals surface area contributed by atoms with Crippen molar-refractivity contribution in [2.24, 2.45) is 0 Å². The summed E-state index contributed by atoms with van der Waals surface area (Å²) in [5.41, 5.74) is 1.21. The minimum Gasteiger partial charge on any atom is -0.425 e. The number of carbonyl (C=O) groups excluding carboxylic acids is 1. The molecule has 4 aromatic rings. The third kappa shape index (κ3) is 2.84. The number of rotatable bonds is 3. The van der Waals surface area contributed by atoms with E-state index in [-0.39, 0.29) is 17.7 Å². The number of aromatic nitrogens is 1. The quantitative estimate of drug-likeness (QED) is 0.321. The van der Waals surface area contributed by atoms with E-state index in [1.165, 1.54) is 18.2 Å². The lowest BCUT2D eigenvalue weighted by Gasteiger charge is -2.14. The zero-order chi connectivity index (χ0) is 18.1. The maximum absolute atomic E-state index is 13.3. The highest BCUT2D eigenvalue weighted by Gasteiger charge is 2.14. The molecule has 0 fully saturated rings. The molecule has 0 atom stereocenters. The summed E-state index contributed by atoms with van der Waals surface area (Å²) in [5.74, 6) is -0.881. The summed E-state index contributed by atoms with van der Waals surface area (Å²) in [7, 11) is 0. The molecule has 0 aliphatic carbocycles. The van der Waals surface area contributed by atoms with Crippen molar-refractivity contribution in [1.82, 2.24) is 4.57 Å². The van der Waals surface area contributed by atoms with Crippen LogP contribution in [0.5, 0.6) is 5.75 Å². The van der Waals surface area contributed by atoms with Gasteiger partial charge in [0.25, 0.3) is 0 Å². The van der Waals surface area contributed by atoms with E-state index in [1.54, 1.807) is 41.0 Å². The number of ether oxygens (including phenoxy) is 1. The van der Waals surface area contributed by atoms with Crippen LogP contribution in [0.15, 0.2) is 77.6 Å². The number of para-hydroxylation sites is 2. The molecule has 1 aromatic heterocycles. The van der Waals surface area contributed by atoms with Crippen molar-refractivity contribution < 1.29 is 13.9 Å². The molecule has 0 unspecified atom stereocenters. The Morgan fingerprint density at radius 2 is 1.50 bits per heavy atom. The number of hydrogen-bond acceptors (Lipinski definition) is 3. The van der Waals surface area contributed by atoms with Crippen LogP contribution in [0.25, 0.3) is 21.8 Å². The van der Waals surface area contributed by atoms with Crippen molar-refractivity contribution in [1.29, 1.82) is 0 Å². The molecule has 4 nitrogen and oxygen atoms in total. The van der Waals surface area contributed by atoms with Gasteiger partial charge in [-0.3, -0.25) is 4.79 Å². The Kier molecular flexibility index (Phi) is 3.97. The Labute approximate surface area is 148 Å². The minimum absolute atomic E-state index is 0.0778. The standard InChI is InChI=1S/C21H14FNO3/c22-14-6-5-7-15(12-14)26-20(24)13-23-18-10-3-1-8-16(18)21(25)17-9-2-4-11-19(17)23/h1-12H,13H2. The van der Waals surface area contributed by atoms with Crippen LogP contribution in [-0.2, 0) is 11.3 Å². The van der Waals surface area contributed by atoms with Crippen LogP contribution in [0, 0.1) is 5.82 Å². The van der Waals surface area contributed by atoms with Gasteiger partial charge in [0.2, 0.25) is 0 Å². The van der Waals surface area contributed by atoms with E-state index in [2.05, 4.69) is 0 Å². The highest BCUT2D eigenvalue weighted by atomic mass is 19.1. The summed E-state index contributed by atoms with van der Waals surface area (Å²) in [6.45, 7) is -0.0994. The van der Waals surface area contributed by atoms with Crippen LogP contribution in [-0.4, -0.2) is 10.5 Å². The summed E-state index contributed by atoms with van der Waals surface area (Å²) < 4.78 is 20.3. The third-order valence-electron chi connectivity index (χ3n) is 4.19. The largest absolute Gasteiger partial charge is 0.425 e. The average Bonchev–Trinajstić information content (AvgIpc) is 2.65. The van der Waals surface area contributed by atoms with E-state index in [1.807, 2.05) is 12.1 Å². The van der Waals surface area contributed by atoms with Gasteiger partial charge in [0, 0.05) is 16.8 Å². The van der Waals surface area contributed by atoms with Gasteiger partial charge in [-0.15, -0.1) is 0 Å². The van der Waals surface area contributed by atoms with Crippen molar-refractivity contribution in [3.63, 3.8) is 0 Å². The van der Waals surface area contributed by atoms with Gasteiger partial charge >= 0.3 is 5.97 Å². The van der Waals surface area contributed by atoms with E-state index in [0.717, 1.165) is 6.07 Å². The number of fused-ring (bicyclic) bond motifs is 2. The van der Waals surface area contributed by atoms with Crippen LogP contribution in [0.2, 0.25) is 0 Å². The Morgan fingerprint density at radius 1 is 0.885 bits per heavy atom. The van der Waals surface area contributed by atoms with Crippen molar-refractivity contribution in [2.45, 2.75) is 6.54 Å². The molecule has 0 saturated heterocycles. The van der Waals surface area contributed by atoms with E-state index >= 15 is 0 Å². The Balaban J connectivity index is 1.81. The molecule has 0 amide bonds. The molecule has 1 heterocycles. The molecule has 26 heavy (non-hydrogen) atoms. The van der Waals surface area contributed by atoms with Gasteiger partial charge in [0.05, 0.1) is 11.0 Å². The SMILES string of the molecule is O=C(Cn1c2ccccc2c(=O)c2ccccc21)Oc1cccc(F)c1. The molecule has 0 saturated carbocycles. The van der Waals surface area contributed by atoms with E-state index < -0.39 is 11.8 Å². The second kappa shape index (κ2) is 6.44. The number of esters is 1. The Morgan fingerprint density at radius 3 is 2.12 bits per heavy atom. The van der Waals surface area contributed by atoms with Gasteiger partial charge in [-0.05, 0) is 36.4 Å². The number of halogens is 1. The smallest absolute Gasteiger partial charge is 0.331 e. The number of carbonyl (C=O) groups is 1. The molecule has 0 bridgehead atoms. The van der Waals surface area contributed by atoms with Gasteiger partial charge in [0.15, 0.2) is 5.43 Å². The number of benzene rings is 3. The first-order valence-electron chi connectivity index (χ1n) is 8.10. The first-order valence-corrected chi connectivity index (χ1v) is 8.10.